The summed E-state index contributed by atoms with van der Waals surface area (Å²) in [5.41, 5.74) is 3.77. The highest BCUT2D eigenvalue weighted by atomic mass is 16.4. The molecule has 0 bridgehead atoms. The van der Waals surface area contributed by atoms with Crippen LogP contribution in [0.4, 0.5) is 0 Å². The van der Waals surface area contributed by atoms with E-state index in [2.05, 4.69) is 31.0 Å². The molecular formula is C20H19NO3. The predicted octanol–water partition coefficient (Wildman–Crippen LogP) is 4.91. The van der Waals surface area contributed by atoms with Crippen LogP contribution in [0.2, 0.25) is 0 Å². The molecule has 0 aliphatic heterocycles. The lowest BCUT2D eigenvalue weighted by Gasteiger charge is -2.04. The molecule has 1 heterocycles. The number of carboxylic acids is 1. The minimum atomic E-state index is -0.957. The summed E-state index contributed by atoms with van der Waals surface area (Å²) in [5, 5.41) is 9.08. The van der Waals surface area contributed by atoms with Gasteiger partial charge in [-0.2, -0.15) is 0 Å². The summed E-state index contributed by atoms with van der Waals surface area (Å²) in [6.45, 7) is 4.39. The van der Waals surface area contributed by atoms with Crippen LogP contribution in [0.3, 0.4) is 0 Å². The normalized spacial score (nSPS) is 11.0. The van der Waals surface area contributed by atoms with Crippen LogP contribution in [-0.4, -0.2) is 16.1 Å². The van der Waals surface area contributed by atoms with E-state index in [0.717, 1.165) is 17.5 Å². The lowest BCUT2D eigenvalue weighted by molar-refractivity contribution is 0.0697. The first-order valence-electron chi connectivity index (χ1n) is 7.91. The number of rotatable bonds is 5. The Kier molecular flexibility index (Phi) is 4.47. The van der Waals surface area contributed by atoms with Crippen molar-refractivity contribution in [2.45, 2.75) is 20.3 Å². The van der Waals surface area contributed by atoms with Crippen LogP contribution in [0, 0.1) is 5.92 Å². The number of aromatic nitrogens is 1. The van der Waals surface area contributed by atoms with E-state index >= 15 is 0 Å². The topological polar surface area (TPSA) is 63.3 Å². The van der Waals surface area contributed by atoms with Crippen molar-refractivity contribution in [1.82, 2.24) is 4.98 Å². The Morgan fingerprint density at radius 3 is 2.54 bits per heavy atom. The van der Waals surface area contributed by atoms with Gasteiger partial charge in [0.2, 0.25) is 5.89 Å². The van der Waals surface area contributed by atoms with Gasteiger partial charge >= 0.3 is 5.97 Å². The molecule has 1 aromatic heterocycles. The van der Waals surface area contributed by atoms with Crippen molar-refractivity contribution in [3.05, 3.63) is 65.9 Å². The van der Waals surface area contributed by atoms with Crippen molar-refractivity contribution in [2.75, 3.05) is 0 Å². The molecule has 0 saturated heterocycles. The molecule has 24 heavy (non-hydrogen) atoms. The van der Waals surface area contributed by atoms with E-state index in [1.807, 2.05) is 18.2 Å². The van der Waals surface area contributed by atoms with Crippen LogP contribution in [0.25, 0.3) is 22.7 Å². The fourth-order valence-corrected chi connectivity index (χ4v) is 2.61. The Labute approximate surface area is 140 Å². The molecule has 3 rings (SSSR count). The number of nitrogens with zero attached hydrogens (tertiary/aromatic N) is 1. The minimum absolute atomic E-state index is 0.232. The molecule has 0 radical (unpaired) electrons. The molecule has 4 heteroatoms. The molecule has 2 aromatic carbocycles. The van der Waals surface area contributed by atoms with Gasteiger partial charge in [0.05, 0.1) is 5.56 Å². The zero-order valence-electron chi connectivity index (χ0n) is 13.7. The van der Waals surface area contributed by atoms with Crippen molar-refractivity contribution in [2.24, 2.45) is 5.92 Å². The van der Waals surface area contributed by atoms with E-state index in [-0.39, 0.29) is 5.56 Å². The Balaban J connectivity index is 1.85. The van der Waals surface area contributed by atoms with Crippen LogP contribution >= 0.6 is 0 Å². The fraction of sp³-hybridized carbons (Fsp3) is 0.200. The third kappa shape index (κ3) is 3.54. The second-order valence-corrected chi connectivity index (χ2v) is 6.22. The first kappa shape index (κ1) is 16.0. The molecule has 0 atom stereocenters. The van der Waals surface area contributed by atoms with Crippen molar-refractivity contribution >= 4 is 5.97 Å². The highest BCUT2D eigenvalue weighted by molar-refractivity contribution is 5.89. The maximum Gasteiger partial charge on any atom is 0.335 e. The van der Waals surface area contributed by atoms with Gasteiger partial charge in [0.15, 0.2) is 0 Å². The van der Waals surface area contributed by atoms with Crippen LogP contribution in [0.5, 0.6) is 0 Å². The molecule has 0 spiro atoms. The van der Waals surface area contributed by atoms with Gasteiger partial charge in [0.1, 0.15) is 12.0 Å². The Hall–Kier alpha value is -2.88. The van der Waals surface area contributed by atoms with Gasteiger partial charge in [-0.3, -0.25) is 0 Å². The summed E-state index contributed by atoms with van der Waals surface area (Å²) < 4.78 is 5.57. The number of oxazole rings is 1. The third-order valence-corrected chi connectivity index (χ3v) is 3.75. The number of benzene rings is 2. The van der Waals surface area contributed by atoms with E-state index < -0.39 is 5.97 Å². The van der Waals surface area contributed by atoms with E-state index in [0.29, 0.717) is 17.5 Å². The minimum Gasteiger partial charge on any atom is -0.478 e. The van der Waals surface area contributed by atoms with Crippen molar-refractivity contribution in [3.63, 3.8) is 0 Å². The maximum atomic E-state index is 11.1. The molecule has 0 fully saturated rings. The number of carbonyl (C=O) groups is 1. The highest BCUT2D eigenvalue weighted by Gasteiger charge is 2.11. The van der Waals surface area contributed by atoms with Gasteiger partial charge in [-0.05, 0) is 42.2 Å². The zero-order valence-corrected chi connectivity index (χ0v) is 13.7. The van der Waals surface area contributed by atoms with Gasteiger partial charge in [0, 0.05) is 11.1 Å². The molecule has 1 N–H and O–H groups in total. The fourth-order valence-electron chi connectivity index (χ4n) is 2.61. The van der Waals surface area contributed by atoms with Crippen molar-refractivity contribution in [1.29, 1.82) is 0 Å². The summed E-state index contributed by atoms with van der Waals surface area (Å²) in [6, 6.07) is 14.8. The zero-order chi connectivity index (χ0) is 17.1. The monoisotopic (exact) mass is 321 g/mol. The molecule has 0 saturated carbocycles. The van der Waals surface area contributed by atoms with Gasteiger partial charge in [-0.1, -0.05) is 38.1 Å². The second kappa shape index (κ2) is 6.71. The predicted molar refractivity (Wildman–Crippen MR) is 92.9 cm³/mol. The Morgan fingerprint density at radius 1 is 1.12 bits per heavy atom. The van der Waals surface area contributed by atoms with E-state index in [9.17, 15) is 4.79 Å². The summed E-state index contributed by atoms with van der Waals surface area (Å²) in [7, 11) is 0. The molecule has 3 aromatic rings. The average molecular weight is 321 g/mol. The van der Waals surface area contributed by atoms with E-state index in [1.165, 1.54) is 5.56 Å². The maximum absolute atomic E-state index is 11.1. The number of carboxylic acid groups (broad SMARTS) is 1. The summed E-state index contributed by atoms with van der Waals surface area (Å²) >= 11 is 0. The lowest BCUT2D eigenvalue weighted by atomic mass is 10.0. The van der Waals surface area contributed by atoms with E-state index in [4.69, 9.17) is 9.52 Å². The largest absolute Gasteiger partial charge is 0.478 e. The van der Waals surface area contributed by atoms with Crippen LogP contribution in [-0.2, 0) is 6.42 Å². The average Bonchev–Trinajstić information content (AvgIpc) is 3.05. The summed E-state index contributed by atoms with van der Waals surface area (Å²) in [6.07, 6.45) is 2.59. The third-order valence-electron chi connectivity index (χ3n) is 3.75. The molecule has 4 nitrogen and oxygen atoms in total. The molecule has 0 aliphatic rings. The Bertz CT molecular complexity index is 847. The van der Waals surface area contributed by atoms with Gasteiger partial charge in [-0.25, -0.2) is 9.78 Å². The molecular weight excluding hydrogens is 302 g/mol. The smallest absolute Gasteiger partial charge is 0.335 e. The molecule has 0 amide bonds. The Morgan fingerprint density at radius 2 is 1.88 bits per heavy atom. The summed E-state index contributed by atoms with van der Waals surface area (Å²) in [4.78, 5) is 15.6. The summed E-state index contributed by atoms with van der Waals surface area (Å²) in [5.74, 6) is 0.189. The van der Waals surface area contributed by atoms with Crippen molar-refractivity contribution < 1.29 is 14.3 Å². The second-order valence-electron chi connectivity index (χ2n) is 6.22. The van der Waals surface area contributed by atoms with Crippen LogP contribution < -0.4 is 0 Å². The standard InChI is InChI=1S/C20H19NO3/c1-13(2)10-14-6-8-15(9-7-14)19-21-18(12-24-19)16-4-3-5-17(11-16)20(22)23/h3-9,11-13H,10H2,1-2H3,(H,22,23). The number of aromatic carboxylic acids is 1. The number of hydrogen-bond donors (Lipinski definition) is 1. The number of hydrogen-bond acceptors (Lipinski definition) is 3. The van der Waals surface area contributed by atoms with Gasteiger partial charge in [-0.15, -0.1) is 0 Å². The molecule has 122 valence electrons. The molecule has 0 aliphatic carbocycles. The van der Waals surface area contributed by atoms with Crippen LogP contribution in [0.1, 0.15) is 29.8 Å². The highest BCUT2D eigenvalue weighted by Crippen LogP contribution is 2.25. The van der Waals surface area contributed by atoms with Gasteiger partial charge < -0.3 is 9.52 Å². The molecule has 0 unspecified atom stereocenters. The first-order chi connectivity index (χ1) is 11.5. The van der Waals surface area contributed by atoms with Crippen molar-refractivity contribution in [3.8, 4) is 22.7 Å². The van der Waals surface area contributed by atoms with E-state index in [1.54, 1.807) is 24.5 Å². The SMILES string of the molecule is CC(C)Cc1ccc(-c2nc(-c3cccc(C(=O)O)c3)co2)cc1. The quantitative estimate of drug-likeness (QED) is 0.725. The first-order valence-corrected chi connectivity index (χ1v) is 7.91. The van der Waals surface area contributed by atoms with Crippen LogP contribution in [0.15, 0.2) is 59.2 Å². The van der Waals surface area contributed by atoms with Gasteiger partial charge in [0.25, 0.3) is 0 Å². The lowest BCUT2D eigenvalue weighted by Crippen LogP contribution is -1.95.